The van der Waals surface area contributed by atoms with Crippen LogP contribution >= 0.6 is 0 Å². The molecular weight excluding hydrogens is 228 g/mol. The predicted molar refractivity (Wildman–Crippen MR) is 69.1 cm³/mol. The SMILES string of the molecule is Cc1ccc(OCC(=O)N(C)C(C)(C)C#N)cc1. The van der Waals surface area contributed by atoms with E-state index in [4.69, 9.17) is 10.00 Å². The number of nitriles is 1. The Morgan fingerprint density at radius 2 is 1.94 bits per heavy atom. The minimum Gasteiger partial charge on any atom is -0.484 e. The highest BCUT2D eigenvalue weighted by Gasteiger charge is 2.27. The van der Waals surface area contributed by atoms with Crippen LogP contribution in [0.15, 0.2) is 24.3 Å². The third kappa shape index (κ3) is 3.49. The summed E-state index contributed by atoms with van der Waals surface area (Å²) >= 11 is 0. The van der Waals surface area contributed by atoms with Gasteiger partial charge in [0.05, 0.1) is 6.07 Å². The second-order valence-electron chi connectivity index (χ2n) is 4.73. The molecule has 0 aliphatic heterocycles. The summed E-state index contributed by atoms with van der Waals surface area (Å²) in [5.41, 5.74) is 0.310. The van der Waals surface area contributed by atoms with Crippen LogP contribution in [0.3, 0.4) is 0 Å². The van der Waals surface area contributed by atoms with Gasteiger partial charge >= 0.3 is 0 Å². The molecule has 0 radical (unpaired) electrons. The molecule has 0 fully saturated rings. The Hall–Kier alpha value is -2.02. The molecule has 1 amide bonds. The third-order valence-corrected chi connectivity index (χ3v) is 2.87. The van der Waals surface area contributed by atoms with Crippen molar-refractivity contribution >= 4 is 5.91 Å². The van der Waals surface area contributed by atoms with Crippen LogP contribution < -0.4 is 4.74 Å². The van der Waals surface area contributed by atoms with Crippen LogP contribution in [-0.4, -0.2) is 30.0 Å². The van der Waals surface area contributed by atoms with Gasteiger partial charge in [0.1, 0.15) is 11.3 Å². The van der Waals surface area contributed by atoms with E-state index >= 15 is 0 Å². The lowest BCUT2D eigenvalue weighted by atomic mass is 10.1. The number of benzene rings is 1. The van der Waals surface area contributed by atoms with Gasteiger partial charge in [0, 0.05) is 7.05 Å². The van der Waals surface area contributed by atoms with Crippen LogP contribution in [-0.2, 0) is 4.79 Å². The summed E-state index contributed by atoms with van der Waals surface area (Å²) in [6, 6.07) is 9.55. The Kier molecular flexibility index (Phi) is 4.33. The maximum Gasteiger partial charge on any atom is 0.261 e. The summed E-state index contributed by atoms with van der Waals surface area (Å²) in [5.74, 6) is 0.430. The molecule has 0 aliphatic rings. The molecule has 18 heavy (non-hydrogen) atoms. The van der Waals surface area contributed by atoms with Gasteiger partial charge in [0.25, 0.3) is 5.91 Å². The molecule has 1 aromatic rings. The highest BCUT2D eigenvalue weighted by molar-refractivity contribution is 5.78. The summed E-state index contributed by atoms with van der Waals surface area (Å²) in [7, 11) is 1.60. The average Bonchev–Trinajstić information content (AvgIpc) is 2.36. The summed E-state index contributed by atoms with van der Waals surface area (Å²) in [5, 5.41) is 8.94. The van der Waals surface area contributed by atoms with Gasteiger partial charge in [-0.3, -0.25) is 4.79 Å². The van der Waals surface area contributed by atoms with E-state index in [0.717, 1.165) is 5.56 Å². The standard InChI is InChI=1S/C14H18N2O2/c1-11-5-7-12(8-6-11)18-9-13(17)16(4)14(2,3)10-15/h5-8H,9H2,1-4H3. The van der Waals surface area contributed by atoms with Gasteiger partial charge < -0.3 is 9.64 Å². The van der Waals surface area contributed by atoms with Crippen molar-refractivity contribution in [2.45, 2.75) is 26.3 Å². The fourth-order valence-electron chi connectivity index (χ4n) is 1.26. The number of carbonyl (C=O) groups is 1. The van der Waals surface area contributed by atoms with Crippen LogP contribution in [0.2, 0.25) is 0 Å². The zero-order valence-corrected chi connectivity index (χ0v) is 11.2. The maximum atomic E-state index is 11.8. The number of hydrogen-bond donors (Lipinski definition) is 0. The molecule has 0 bridgehead atoms. The molecule has 96 valence electrons. The predicted octanol–water partition coefficient (Wildman–Crippen LogP) is 2.13. The number of ether oxygens (including phenoxy) is 1. The molecule has 0 unspecified atom stereocenters. The number of nitrogens with zero attached hydrogens (tertiary/aromatic N) is 2. The van der Waals surface area contributed by atoms with Gasteiger partial charge in [-0.1, -0.05) is 17.7 Å². The van der Waals surface area contributed by atoms with E-state index in [1.807, 2.05) is 31.2 Å². The van der Waals surface area contributed by atoms with Gasteiger partial charge in [-0.2, -0.15) is 5.26 Å². The highest BCUT2D eigenvalue weighted by Crippen LogP contribution is 2.13. The molecule has 0 spiro atoms. The molecular formula is C14H18N2O2. The van der Waals surface area contributed by atoms with E-state index in [1.54, 1.807) is 20.9 Å². The lowest BCUT2D eigenvalue weighted by Crippen LogP contribution is -2.45. The second-order valence-corrected chi connectivity index (χ2v) is 4.73. The normalized spacial score (nSPS) is 10.6. The van der Waals surface area contributed by atoms with Crippen molar-refractivity contribution in [1.29, 1.82) is 5.26 Å². The van der Waals surface area contributed by atoms with Crippen LogP contribution in [0.5, 0.6) is 5.75 Å². The summed E-state index contributed by atoms with van der Waals surface area (Å²) in [4.78, 5) is 13.2. The van der Waals surface area contributed by atoms with Gasteiger partial charge in [0.2, 0.25) is 0 Å². The zero-order chi connectivity index (χ0) is 13.8. The first-order valence-electron chi connectivity index (χ1n) is 5.74. The average molecular weight is 246 g/mol. The van der Waals surface area contributed by atoms with Crippen LogP contribution in [0.4, 0.5) is 0 Å². The van der Waals surface area contributed by atoms with E-state index in [1.165, 1.54) is 4.90 Å². The lowest BCUT2D eigenvalue weighted by Gasteiger charge is -2.28. The summed E-state index contributed by atoms with van der Waals surface area (Å²) in [6.07, 6.45) is 0. The highest BCUT2D eigenvalue weighted by atomic mass is 16.5. The van der Waals surface area contributed by atoms with E-state index < -0.39 is 5.54 Å². The molecule has 0 N–H and O–H groups in total. The topological polar surface area (TPSA) is 53.3 Å². The van der Waals surface area contributed by atoms with E-state index in [0.29, 0.717) is 5.75 Å². The Bertz CT molecular complexity index is 458. The monoisotopic (exact) mass is 246 g/mol. The minimum atomic E-state index is -0.826. The number of carbonyl (C=O) groups excluding carboxylic acids is 1. The molecule has 0 aromatic heterocycles. The number of rotatable bonds is 4. The molecule has 4 nitrogen and oxygen atoms in total. The fraction of sp³-hybridized carbons (Fsp3) is 0.429. The van der Waals surface area contributed by atoms with Crippen molar-refractivity contribution in [3.8, 4) is 11.8 Å². The van der Waals surface area contributed by atoms with Crippen LogP contribution in [0.25, 0.3) is 0 Å². The first kappa shape index (κ1) is 14.0. The summed E-state index contributed by atoms with van der Waals surface area (Å²) < 4.78 is 5.38. The van der Waals surface area contributed by atoms with Gasteiger partial charge in [-0.25, -0.2) is 0 Å². The largest absolute Gasteiger partial charge is 0.484 e. The van der Waals surface area contributed by atoms with E-state index in [2.05, 4.69) is 6.07 Å². The van der Waals surface area contributed by atoms with E-state index in [-0.39, 0.29) is 12.5 Å². The maximum absolute atomic E-state index is 11.8. The van der Waals surface area contributed by atoms with Crippen molar-refractivity contribution in [2.24, 2.45) is 0 Å². The first-order chi connectivity index (χ1) is 8.36. The Morgan fingerprint density at radius 1 is 1.39 bits per heavy atom. The molecule has 4 heteroatoms. The van der Waals surface area contributed by atoms with E-state index in [9.17, 15) is 4.79 Å². The second kappa shape index (κ2) is 5.54. The Morgan fingerprint density at radius 3 is 2.44 bits per heavy atom. The van der Waals surface area contributed by atoms with Gasteiger partial charge in [-0.15, -0.1) is 0 Å². The van der Waals surface area contributed by atoms with Crippen molar-refractivity contribution in [3.05, 3.63) is 29.8 Å². The molecule has 0 saturated heterocycles. The van der Waals surface area contributed by atoms with Crippen LogP contribution in [0, 0.1) is 18.3 Å². The summed E-state index contributed by atoms with van der Waals surface area (Å²) in [6.45, 7) is 5.30. The number of aryl methyl sites for hydroxylation is 1. The number of likely N-dealkylation sites (N-methyl/N-ethyl adjacent to an activating group) is 1. The number of amides is 1. The zero-order valence-electron chi connectivity index (χ0n) is 11.2. The molecule has 0 saturated carbocycles. The third-order valence-electron chi connectivity index (χ3n) is 2.87. The van der Waals surface area contributed by atoms with Crippen LogP contribution in [0.1, 0.15) is 19.4 Å². The van der Waals surface area contributed by atoms with Gasteiger partial charge in [-0.05, 0) is 32.9 Å². The van der Waals surface area contributed by atoms with Crippen molar-refractivity contribution < 1.29 is 9.53 Å². The van der Waals surface area contributed by atoms with Crippen molar-refractivity contribution in [3.63, 3.8) is 0 Å². The van der Waals surface area contributed by atoms with Crippen molar-refractivity contribution in [2.75, 3.05) is 13.7 Å². The minimum absolute atomic E-state index is 0.0648. The number of hydrogen-bond acceptors (Lipinski definition) is 3. The molecule has 0 aliphatic carbocycles. The first-order valence-corrected chi connectivity index (χ1v) is 5.74. The lowest BCUT2D eigenvalue weighted by molar-refractivity contribution is -0.135. The van der Waals surface area contributed by atoms with Crippen molar-refractivity contribution in [1.82, 2.24) is 4.90 Å². The molecule has 0 heterocycles. The smallest absolute Gasteiger partial charge is 0.261 e. The quantitative estimate of drug-likeness (QED) is 0.817. The Labute approximate surface area is 108 Å². The molecule has 1 rings (SSSR count). The Balaban J connectivity index is 2.57. The fourth-order valence-corrected chi connectivity index (χ4v) is 1.26. The molecule has 0 atom stereocenters. The van der Waals surface area contributed by atoms with Gasteiger partial charge in [0.15, 0.2) is 6.61 Å². The molecule has 1 aromatic carbocycles.